The van der Waals surface area contributed by atoms with Gasteiger partial charge in [0.1, 0.15) is 5.54 Å². The quantitative estimate of drug-likeness (QED) is 0.847. The van der Waals surface area contributed by atoms with Crippen LogP contribution in [0.5, 0.6) is 0 Å². The van der Waals surface area contributed by atoms with E-state index >= 15 is 0 Å². The van der Waals surface area contributed by atoms with Crippen molar-refractivity contribution in [2.45, 2.75) is 68.2 Å². The molecule has 4 nitrogen and oxygen atoms in total. The van der Waals surface area contributed by atoms with Gasteiger partial charge < -0.3 is 10.2 Å². The van der Waals surface area contributed by atoms with Gasteiger partial charge in [-0.2, -0.15) is 11.8 Å². The van der Waals surface area contributed by atoms with Crippen LogP contribution in [0.1, 0.15) is 51.4 Å². The average Bonchev–Trinajstić information content (AvgIpc) is 3.06. The third-order valence-electron chi connectivity index (χ3n) is 5.22. The van der Waals surface area contributed by atoms with Crippen LogP contribution in [0, 0.1) is 0 Å². The molecule has 2 unspecified atom stereocenters. The van der Waals surface area contributed by atoms with Crippen molar-refractivity contribution in [3.8, 4) is 0 Å². The standard InChI is InChI=1S/C15H24N2O2S/c1-20-12-5-4-11(10-12)17-9-6-13(18)16-15(14(17)19)7-2-3-8-15/h11-12H,2-10H2,1H3,(H,16,18). The van der Waals surface area contributed by atoms with Crippen molar-refractivity contribution in [2.24, 2.45) is 0 Å². The smallest absolute Gasteiger partial charge is 0.248 e. The molecule has 0 aromatic carbocycles. The number of hydrogen-bond donors (Lipinski definition) is 1. The third kappa shape index (κ3) is 2.45. The molecular weight excluding hydrogens is 272 g/mol. The highest BCUT2D eigenvalue weighted by Crippen LogP contribution is 2.37. The van der Waals surface area contributed by atoms with Crippen LogP contribution in [0.4, 0.5) is 0 Å². The largest absolute Gasteiger partial charge is 0.342 e. The lowest BCUT2D eigenvalue weighted by molar-refractivity contribution is -0.140. The highest BCUT2D eigenvalue weighted by atomic mass is 32.2. The molecule has 0 aromatic heterocycles. The van der Waals surface area contributed by atoms with Crippen molar-refractivity contribution >= 4 is 23.6 Å². The number of hydrogen-bond acceptors (Lipinski definition) is 3. The molecular formula is C15H24N2O2S. The number of rotatable bonds is 2. The lowest BCUT2D eigenvalue weighted by Crippen LogP contribution is -2.57. The zero-order chi connectivity index (χ0) is 14.2. The summed E-state index contributed by atoms with van der Waals surface area (Å²) in [6.45, 7) is 0.609. The van der Waals surface area contributed by atoms with Crippen LogP contribution in [-0.4, -0.2) is 46.3 Å². The van der Waals surface area contributed by atoms with Crippen LogP contribution in [0.25, 0.3) is 0 Å². The number of nitrogens with zero attached hydrogens (tertiary/aromatic N) is 1. The zero-order valence-corrected chi connectivity index (χ0v) is 13.0. The number of nitrogens with one attached hydrogen (secondary N) is 1. The van der Waals surface area contributed by atoms with Gasteiger partial charge in [-0.1, -0.05) is 12.8 Å². The molecule has 5 heteroatoms. The molecule has 1 heterocycles. The summed E-state index contributed by atoms with van der Waals surface area (Å²) in [4.78, 5) is 27.0. The fraction of sp³-hybridized carbons (Fsp3) is 0.867. The molecule has 1 aliphatic heterocycles. The minimum absolute atomic E-state index is 0.0576. The topological polar surface area (TPSA) is 49.4 Å². The van der Waals surface area contributed by atoms with E-state index in [1.807, 2.05) is 16.7 Å². The lowest BCUT2D eigenvalue weighted by Gasteiger charge is -2.35. The molecule has 3 aliphatic rings. The van der Waals surface area contributed by atoms with Crippen molar-refractivity contribution < 1.29 is 9.59 Å². The third-order valence-corrected chi connectivity index (χ3v) is 6.31. The first-order valence-electron chi connectivity index (χ1n) is 7.79. The second kappa shape index (κ2) is 5.58. The molecule has 112 valence electrons. The number of amides is 2. The van der Waals surface area contributed by atoms with Gasteiger partial charge in [0.25, 0.3) is 0 Å². The summed E-state index contributed by atoms with van der Waals surface area (Å²) in [5.41, 5.74) is -0.564. The summed E-state index contributed by atoms with van der Waals surface area (Å²) in [5, 5.41) is 3.73. The van der Waals surface area contributed by atoms with Crippen LogP contribution >= 0.6 is 11.8 Å². The van der Waals surface area contributed by atoms with Gasteiger partial charge in [0.05, 0.1) is 0 Å². The molecule has 3 fully saturated rings. The van der Waals surface area contributed by atoms with Gasteiger partial charge in [0.15, 0.2) is 0 Å². The molecule has 1 saturated heterocycles. The summed E-state index contributed by atoms with van der Waals surface area (Å²) in [7, 11) is 0. The van der Waals surface area contributed by atoms with E-state index in [2.05, 4.69) is 11.6 Å². The van der Waals surface area contributed by atoms with Crippen molar-refractivity contribution in [3.05, 3.63) is 0 Å². The summed E-state index contributed by atoms with van der Waals surface area (Å²) >= 11 is 1.91. The van der Waals surface area contributed by atoms with Crippen LogP contribution in [-0.2, 0) is 9.59 Å². The molecule has 1 spiro atoms. The van der Waals surface area contributed by atoms with E-state index in [9.17, 15) is 9.59 Å². The fourth-order valence-electron chi connectivity index (χ4n) is 4.06. The summed E-state index contributed by atoms with van der Waals surface area (Å²) < 4.78 is 0. The number of thioether (sulfide) groups is 1. The van der Waals surface area contributed by atoms with Crippen molar-refractivity contribution in [3.63, 3.8) is 0 Å². The Morgan fingerprint density at radius 1 is 1.25 bits per heavy atom. The van der Waals surface area contributed by atoms with E-state index in [0.717, 1.165) is 38.5 Å². The summed E-state index contributed by atoms with van der Waals surface area (Å²) in [6.07, 6.45) is 9.77. The van der Waals surface area contributed by atoms with Gasteiger partial charge in [0.2, 0.25) is 11.8 Å². The van der Waals surface area contributed by atoms with E-state index < -0.39 is 5.54 Å². The Balaban J connectivity index is 1.80. The maximum Gasteiger partial charge on any atom is 0.248 e. The highest BCUT2D eigenvalue weighted by Gasteiger charge is 2.48. The first-order valence-corrected chi connectivity index (χ1v) is 9.08. The van der Waals surface area contributed by atoms with Crippen molar-refractivity contribution in [1.29, 1.82) is 0 Å². The Hall–Kier alpha value is -0.710. The maximum atomic E-state index is 13.0. The van der Waals surface area contributed by atoms with E-state index in [1.165, 1.54) is 6.42 Å². The van der Waals surface area contributed by atoms with E-state index in [-0.39, 0.29) is 11.8 Å². The molecule has 0 bridgehead atoms. The van der Waals surface area contributed by atoms with Gasteiger partial charge in [-0.25, -0.2) is 0 Å². The van der Waals surface area contributed by atoms with E-state index in [1.54, 1.807) is 0 Å². The van der Waals surface area contributed by atoms with Gasteiger partial charge in [-0.3, -0.25) is 9.59 Å². The number of carbonyl (C=O) groups excluding carboxylic acids is 2. The predicted molar refractivity (Wildman–Crippen MR) is 80.6 cm³/mol. The van der Waals surface area contributed by atoms with E-state index in [0.29, 0.717) is 24.3 Å². The molecule has 20 heavy (non-hydrogen) atoms. The van der Waals surface area contributed by atoms with Gasteiger partial charge in [-0.15, -0.1) is 0 Å². The van der Waals surface area contributed by atoms with Gasteiger partial charge >= 0.3 is 0 Å². The SMILES string of the molecule is CSC1CCC(N2CCC(=O)NC3(CCCC3)C2=O)C1. The van der Waals surface area contributed by atoms with Crippen LogP contribution in [0.2, 0.25) is 0 Å². The Morgan fingerprint density at radius 3 is 2.65 bits per heavy atom. The Kier molecular flexibility index (Phi) is 3.98. The Labute approximate surface area is 125 Å². The monoisotopic (exact) mass is 296 g/mol. The number of carbonyl (C=O) groups is 2. The molecule has 2 atom stereocenters. The minimum atomic E-state index is -0.564. The Bertz CT molecular complexity index is 407. The lowest BCUT2D eigenvalue weighted by atomic mass is 9.95. The summed E-state index contributed by atoms with van der Waals surface area (Å²) in [6, 6.07) is 0.352. The second-order valence-electron chi connectivity index (χ2n) is 6.41. The zero-order valence-electron chi connectivity index (χ0n) is 12.2. The second-order valence-corrected chi connectivity index (χ2v) is 7.55. The minimum Gasteiger partial charge on any atom is -0.342 e. The van der Waals surface area contributed by atoms with Crippen LogP contribution < -0.4 is 5.32 Å². The molecule has 2 amide bonds. The first-order chi connectivity index (χ1) is 9.64. The Morgan fingerprint density at radius 2 is 2.00 bits per heavy atom. The molecule has 1 N–H and O–H groups in total. The molecule has 2 aliphatic carbocycles. The summed E-state index contributed by atoms with van der Waals surface area (Å²) in [5.74, 6) is 0.259. The molecule has 0 aromatic rings. The molecule has 2 saturated carbocycles. The van der Waals surface area contributed by atoms with E-state index in [4.69, 9.17) is 0 Å². The first kappa shape index (κ1) is 14.2. The normalized spacial score (nSPS) is 33.5. The maximum absolute atomic E-state index is 13.0. The van der Waals surface area contributed by atoms with Gasteiger partial charge in [0, 0.05) is 24.3 Å². The van der Waals surface area contributed by atoms with Crippen LogP contribution in [0.15, 0.2) is 0 Å². The molecule has 0 radical (unpaired) electrons. The van der Waals surface area contributed by atoms with Crippen molar-refractivity contribution in [2.75, 3.05) is 12.8 Å². The average molecular weight is 296 g/mol. The predicted octanol–water partition coefficient (Wildman–Crippen LogP) is 1.93. The molecule has 3 rings (SSSR count). The van der Waals surface area contributed by atoms with Gasteiger partial charge in [-0.05, 0) is 38.4 Å². The highest BCUT2D eigenvalue weighted by molar-refractivity contribution is 7.99. The fourth-order valence-corrected chi connectivity index (χ4v) is 4.85. The van der Waals surface area contributed by atoms with Crippen molar-refractivity contribution in [1.82, 2.24) is 10.2 Å². The van der Waals surface area contributed by atoms with Crippen LogP contribution in [0.3, 0.4) is 0 Å².